The van der Waals surface area contributed by atoms with Crippen LogP contribution in [0.15, 0.2) is 30.6 Å². The van der Waals surface area contributed by atoms with Crippen LogP contribution >= 0.6 is 0 Å². The number of nitrogens with one attached hydrogen (secondary N) is 1. The second kappa shape index (κ2) is 6.45. The Kier molecular flexibility index (Phi) is 4.11. The van der Waals surface area contributed by atoms with Crippen LogP contribution in [0.5, 0.6) is 0 Å². The Bertz CT molecular complexity index is 882. The van der Waals surface area contributed by atoms with E-state index in [2.05, 4.69) is 16.6 Å². The average Bonchev–Trinajstić information content (AvgIpc) is 3.25. The summed E-state index contributed by atoms with van der Waals surface area (Å²) in [6.45, 7) is 1.22. The fourth-order valence-electron chi connectivity index (χ4n) is 3.77. The standard InChI is InChI=1S/C19H20FN5O/c1-24-8-14(7-22-24)15-5-4-13(6-17(15)20)19(26)23-18-10-25(11-21)9-16(18)12-2-3-12/h4-8,12,16,18H,2-3,9-10H2,1H3,(H,23,26). The third-order valence-electron chi connectivity index (χ3n) is 5.30. The van der Waals surface area contributed by atoms with Crippen LogP contribution < -0.4 is 5.32 Å². The molecule has 134 valence electrons. The molecule has 1 saturated heterocycles. The van der Waals surface area contributed by atoms with Crippen LogP contribution in [0.2, 0.25) is 0 Å². The minimum Gasteiger partial charge on any atom is -0.347 e. The highest BCUT2D eigenvalue weighted by Crippen LogP contribution is 2.41. The van der Waals surface area contributed by atoms with Crippen LogP contribution in [0.25, 0.3) is 11.1 Å². The Hall–Kier alpha value is -2.88. The number of hydrogen-bond donors (Lipinski definition) is 1. The number of benzene rings is 1. The predicted octanol–water partition coefficient (Wildman–Crippen LogP) is 2.15. The van der Waals surface area contributed by atoms with Gasteiger partial charge in [-0.05, 0) is 30.9 Å². The predicted molar refractivity (Wildman–Crippen MR) is 93.3 cm³/mol. The molecule has 1 aromatic heterocycles. The number of halogens is 1. The van der Waals surface area contributed by atoms with Gasteiger partial charge in [-0.25, -0.2) is 4.39 Å². The Morgan fingerprint density at radius 2 is 2.19 bits per heavy atom. The van der Waals surface area contributed by atoms with Crippen LogP contribution in [0, 0.1) is 29.1 Å². The summed E-state index contributed by atoms with van der Waals surface area (Å²) in [5.74, 6) is 0.146. The van der Waals surface area contributed by atoms with E-state index in [0.29, 0.717) is 41.6 Å². The summed E-state index contributed by atoms with van der Waals surface area (Å²) < 4.78 is 16.1. The lowest BCUT2D eigenvalue weighted by molar-refractivity contribution is 0.0928. The third-order valence-corrected chi connectivity index (χ3v) is 5.30. The molecule has 1 aliphatic carbocycles. The van der Waals surface area contributed by atoms with Crippen LogP contribution in [-0.4, -0.2) is 39.7 Å². The molecule has 7 heteroatoms. The smallest absolute Gasteiger partial charge is 0.251 e. The van der Waals surface area contributed by atoms with E-state index in [1.807, 2.05) is 0 Å². The molecule has 2 fully saturated rings. The zero-order valence-electron chi connectivity index (χ0n) is 14.5. The molecule has 6 nitrogen and oxygen atoms in total. The first-order chi connectivity index (χ1) is 12.5. The Balaban J connectivity index is 1.49. The van der Waals surface area contributed by atoms with Crippen molar-refractivity contribution in [3.8, 4) is 17.3 Å². The van der Waals surface area contributed by atoms with Crippen LogP contribution in [-0.2, 0) is 7.05 Å². The van der Waals surface area contributed by atoms with Gasteiger partial charge in [0.1, 0.15) is 5.82 Å². The molecule has 0 spiro atoms. The van der Waals surface area contributed by atoms with Gasteiger partial charge in [0.2, 0.25) is 0 Å². The molecule has 1 saturated carbocycles. The Morgan fingerprint density at radius 3 is 2.81 bits per heavy atom. The second-order valence-corrected chi connectivity index (χ2v) is 7.18. The molecule has 2 unspecified atom stereocenters. The number of carbonyl (C=O) groups is 1. The molecular formula is C19H20FN5O. The number of amides is 1. The number of likely N-dealkylation sites (tertiary alicyclic amines) is 1. The highest BCUT2D eigenvalue weighted by Gasteiger charge is 2.43. The molecule has 26 heavy (non-hydrogen) atoms. The molecule has 2 aromatic rings. The lowest BCUT2D eigenvalue weighted by Crippen LogP contribution is -2.41. The molecule has 2 atom stereocenters. The van der Waals surface area contributed by atoms with Gasteiger partial charge in [0.15, 0.2) is 6.19 Å². The van der Waals surface area contributed by atoms with Gasteiger partial charge < -0.3 is 10.2 Å². The van der Waals surface area contributed by atoms with Crippen molar-refractivity contribution in [3.05, 3.63) is 42.0 Å². The van der Waals surface area contributed by atoms with E-state index in [9.17, 15) is 9.18 Å². The average molecular weight is 353 g/mol. The number of hydrogen-bond acceptors (Lipinski definition) is 4. The minimum absolute atomic E-state index is 0.0595. The maximum absolute atomic E-state index is 14.5. The van der Waals surface area contributed by atoms with E-state index in [-0.39, 0.29) is 11.9 Å². The molecule has 0 radical (unpaired) electrons. The van der Waals surface area contributed by atoms with Crippen molar-refractivity contribution in [1.82, 2.24) is 20.0 Å². The molecule has 1 N–H and O–H groups in total. The summed E-state index contributed by atoms with van der Waals surface area (Å²) >= 11 is 0. The monoisotopic (exact) mass is 353 g/mol. The van der Waals surface area contributed by atoms with Crippen molar-refractivity contribution in [1.29, 1.82) is 5.26 Å². The van der Waals surface area contributed by atoms with Crippen molar-refractivity contribution in [2.75, 3.05) is 13.1 Å². The fourth-order valence-corrected chi connectivity index (χ4v) is 3.77. The minimum atomic E-state index is -0.450. The summed E-state index contributed by atoms with van der Waals surface area (Å²) in [6.07, 6.45) is 7.81. The zero-order valence-corrected chi connectivity index (χ0v) is 14.5. The van der Waals surface area contributed by atoms with Gasteiger partial charge in [-0.1, -0.05) is 6.07 Å². The largest absolute Gasteiger partial charge is 0.347 e. The molecule has 1 aliphatic heterocycles. The van der Waals surface area contributed by atoms with Crippen molar-refractivity contribution < 1.29 is 9.18 Å². The van der Waals surface area contributed by atoms with E-state index in [1.165, 1.54) is 6.07 Å². The van der Waals surface area contributed by atoms with Crippen molar-refractivity contribution in [3.63, 3.8) is 0 Å². The van der Waals surface area contributed by atoms with Gasteiger partial charge in [-0.2, -0.15) is 10.4 Å². The molecule has 1 aromatic carbocycles. The maximum Gasteiger partial charge on any atom is 0.251 e. The highest BCUT2D eigenvalue weighted by molar-refractivity contribution is 5.95. The van der Waals surface area contributed by atoms with Crippen molar-refractivity contribution in [2.45, 2.75) is 18.9 Å². The van der Waals surface area contributed by atoms with Gasteiger partial charge in [-0.15, -0.1) is 0 Å². The van der Waals surface area contributed by atoms with Gasteiger partial charge in [0.05, 0.1) is 12.2 Å². The van der Waals surface area contributed by atoms with Crippen LogP contribution in [0.3, 0.4) is 0 Å². The number of carbonyl (C=O) groups excluding carboxylic acids is 1. The Labute approximate surface area is 151 Å². The SMILES string of the molecule is Cn1cc(-c2ccc(C(=O)NC3CN(C#N)CC3C3CC3)cc2F)cn1. The highest BCUT2D eigenvalue weighted by atomic mass is 19.1. The van der Waals surface area contributed by atoms with Gasteiger partial charge in [-0.3, -0.25) is 9.48 Å². The van der Waals surface area contributed by atoms with Crippen LogP contribution in [0.4, 0.5) is 4.39 Å². The first kappa shape index (κ1) is 16.6. The molecule has 1 amide bonds. The first-order valence-electron chi connectivity index (χ1n) is 8.79. The van der Waals surface area contributed by atoms with E-state index in [0.717, 1.165) is 12.8 Å². The maximum atomic E-state index is 14.5. The number of nitrogens with zero attached hydrogens (tertiary/aromatic N) is 4. The molecular weight excluding hydrogens is 333 g/mol. The fraction of sp³-hybridized carbons (Fsp3) is 0.421. The van der Waals surface area contributed by atoms with Crippen molar-refractivity contribution >= 4 is 5.91 Å². The summed E-state index contributed by atoms with van der Waals surface area (Å²) in [6, 6.07) is 4.44. The van der Waals surface area contributed by atoms with E-state index in [1.54, 1.807) is 41.2 Å². The van der Waals surface area contributed by atoms with Crippen LogP contribution in [0.1, 0.15) is 23.2 Å². The molecule has 0 bridgehead atoms. The molecule has 2 heterocycles. The molecule has 2 aliphatic rings. The third kappa shape index (κ3) is 3.15. The quantitative estimate of drug-likeness (QED) is 0.855. The zero-order chi connectivity index (χ0) is 18.3. The van der Waals surface area contributed by atoms with Gasteiger partial charge in [0, 0.05) is 48.9 Å². The summed E-state index contributed by atoms with van der Waals surface area (Å²) in [4.78, 5) is 14.3. The Morgan fingerprint density at radius 1 is 1.38 bits per heavy atom. The van der Waals surface area contributed by atoms with Crippen molar-refractivity contribution in [2.24, 2.45) is 18.9 Å². The topological polar surface area (TPSA) is 74.0 Å². The number of rotatable bonds is 4. The van der Waals surface area contributed by atoms with E-state index < -0.39 is 5.82 Å². The summed E-state index contributed by atoms with van der Waals surface area (Å²) in [5.41, 5.74) is 1.38. The summed E-state index contributed by atoms with van der Waals surface area (Å²) in [5, 5.41) is 16.2. The number of aryl methyl sites for hydroxylation is 1. The molecule has 4 rings (SSSR count). The summed E-state index contributed by atoms with van der Waals surface area (Å²) in [7, 11) is 1.77. The number of aromatic nitrogens is 2. The van der Waals surface area contributed by atoms with Gasteiger partial charge in [0.25, 0.3) is 5.91 Å². The van der Waals surface area contributed by atoms with E-state index in [4.69, 9.17) is 5.26 Å². The van der Waals surface area contributed by atoms with Gasteiger partial charge >= 0.3 is 0 Å². The first-order valence-corrected chi connectivity index (χ1v) is 8.79. The second-order valence-electron chi connectivity index (χ2n) is 7.18. The lowest BCUT2D eigenvalue weighted by Gasteiger charge is -2.19. The lowest BCUT2D eigenvalue weighted by atomic mass is 9.97. The normalized spacial score (nSPS) is 22.3. The number of nitriles is 1. The van der Waals surface area contributed by atoms with E-state index >= 15 is 0 Å².